The van der Waals surface area contributed by atoms with Crippen molar-refractivity contribution in [3.8, 4) is 0 Å². The molecule has 88 valence electrons. The Morgan fingerprint density at radius 1 is 1.75 bits per heavy atom. The molecule has 1 aromatic heterocycles. The Balaban J connectivity index is 1.78. The third kappa shape index (κ3) is 2.44. The maximum Gasteiger partial charge on any atom is 0.223 e. The number of hydrogen-bond donors (Lipinski definition) is 2. The lowest BCUT2D eigenvalue weighted by Crippen LogP contribution is -2.30. The van der Waals surface area contributed by atoms with E-state index in [-0.39, 0.29) is 17.2 Å². The summed E-state index contributed by atoms with van der Waals surface area (Å²) in [4.78, 5) is 11.7. The van der Waals surface area contributed by atoms with Crippen LogP contribution in [0.2, 0.25) is 0 Å². The number of amides is 1. The first-order valence-corrected chi connectivity index (χ1v) is 6.43. The van der Waals surface area contributed by atoms with E-state index in [0.717, 1.165) is 12.0 Å². The molecule has 1 saturated carbocycles. The second kappa shape index (κ2) is 4.18. The van der Waals surface area contributed by atoms with E-state index in [1.165, 1.54) is 0 Å². The van der Waals surface area contributed by atoms with E-state index in [1.807, 2.05) is 16.8 Å². The Bertz CT molecular complexity index is 372. The van der Waals surface area contributed by atoms with Crippen LogP contribution in [0.15, 0.2) is 16.8 Å². The molecule has 3 nitrogen and oxygen atoms in total. The third-order valence-electron chi connectivity index (χ3n) is 3.23. The Morgan fingerprint density at radius 2 is 2.44 bits per heavy atom. The molecule has 1 heterocycles. The second-order valence-electron chi connectivity index (χ2n) is 5.06. The van der Waals surface area contributed by atoms with Crippen molar-refractivity contribution in [2.24, 2.45) is 11.3 Å². The number of rotatable bonds is 4. The van der Waals surface area contributed by atoms with Gasteiger partial charge >= 0.3 is 0 Å². The predicted molar refractivity (Wildman–Crippen MR) is 64.2 cm³/mol. The summed E-state index contributed by atoms with van der Waals surface area (Å²) in [5.41, 5.74) is 1.03. The molecule has 0 aromatic carbocycles. The summed E-state index contributed by atoms with van der Waals surface area (Å²) in [5.74, 6) is 0.196. The third-order valence-corrected chi connectivity index (χ3v) is 3.93. The summed E-state index contributed by atoms with van der Waals surface area (Å²) in [6, 6.07) is 1.88. The van der Waals surface area contributed by atoms with Crippen molar-refractivity contribution < 1.29 is 9.90 Å². The molecular weight excluding hydrogens is 222 g/mol. The normalized spacial score (nSPS) is 23.8. The fourth-order valence-corrected chi connectivity index (χ4v) is 2.52. The Morgan fingerprint density at radius 3 is 2.94 bits per heavy atom. The summed E-state index contributed by atoms with van der Waals surface area (Å²) in [6.45, 7) is 4.49. The number of thiophene rings is 1. The lowest BCUT2D eigenvalue weighted by molar-refractivity contribution is -0.123. The number of hydrogen-bond acceptors (Lipinski definition) is 3. The zero-order chi connectivity index (χ0) is 11.8. The number of carbonyl (C=O) groups is 1. The summed E-state index contributed by atoms with van der Waals surface area (Å²) < 4.78 is 0. The Hall–Kier alpha value is -0.870. The van der Waals surface area contributed by atoms with Gasteiger partial charge in [-0.05, 0) is 34.2 Å². The van der Waals surface area contributed by atoms with Gasteiger partial charge in [0.1, 0.15) is 0 Å². The van der Waals surface area contributed by atoms with E-state index in [9.17, 15) is 9.90 Å². The van der Waals surface area contributed by atoms with Crippen LogP contribution in [0, 0.1) is 11.3 Å². The van der Waals surface area contributed by atoms with Gasteiger partial charge in [-0.15, -0.1) is 0 Å². The highest BCUT2D eigenvalue weighted by molar-refractivity contribution is 7.07. The quantitative estimate of drug-likeness (QED) is 0.843. The lowest BCUT2D eigenvalue weighted by atomic mass is 10.1. The fourth-order valence-electron chi connectivity index (χ4n) is 1.82. The molecule has 2 N–H and O–H groups in total. The highest BCUT2D eigenvalue weighted by Gasteiger charge is 2.50. The van der Waals surface area contributed by atoms with Crippen molar-refractivity contribution in [3.05, 3.63) is 22.4 Å². The summed E-state index contributed by atoms with van der Waals surface area (Å²) in [7, 11) is 0. The molecule has 2 rings (SSSR count). The molecule has 0 bridgehead atoms. The van der Waals surface area contributed by atoms with Crippen molar-refractivity contribution in [2.45, 2.75) is 26.4 Å². The fraction of sp³-hybridized carbons (Fsp3) is 0.583. The Labute approximate surface area is 99.5 Å². The van der Waals surface area contributed by atoms with Crippen LogP contribution < -0.4 is 5.32 Å². The van der Waals surface area contributed by atoms with Crippen LogP contribution in [0.25, 0.3) is 0 Å². The first kappa shape index (κ1) is 11.6. The van der Waals surface area contributed by atoms with Gasteiger partial charge in [-0.1, -0.05) is 13.8 Å². The zero-order valence-electron chi connectivity index (χ0n) is 9.56. The maximum absolute atomic E-state index is 11.7. The van der Waals surface area contributed by atoms with Crippen LogP contribution in [0.5, 0.6) is 0 Å². The predicted octanol–water partition coefficient (Wildman–Crippen LogP) is 1.94. The van der Waals surface area contributed by atoms with Crippen molar-refractivity contribution in [3.63, 3.8) is 0 Å². The molecule has 1 aromatic rings. The van der Waals surface area contributed by atoms with E-state index in [2.05, 4.69) is 19.2 Å². The van der Waals surface area contributed by atoms with Crippen molar-refractivity contribution in [1.82, 2.24) is 5.32 Å². The monoisotopic (exact) mass is 239 g/mol. The average Bonchev–Trinajstić information content (AvgIpc) is 2.72. The van der Waals surface area contributed by atoms with Crippen LogP contribution >= 0.6 is 11.3 Å². The van der Waals surface area contributed by atoms with E-state index in [1.54, 1.807) is 11.3 Å². The summed E-state index contributed by atoms with van der Waals surface area (Å²) in [6.07, 6.45) is 0.366. The summed E-state index contributed by atoms with van der Waals surface area (Å²) >= 11 is 1.55. The van der Waals surface area contributed by atoms with Crippen LogP contribution in [-0.4, -0.2) is 17.6 Å². The number of nitrogens with one attached hydrogen (secondary N) is 1. The first-order valence-electron chi connectivity index (χ1n) is 5.48. The number of aliphatic hydroxyl groups excluding tert-OH is 1. The lowest BCUT2D eigenvalue weighted by Gasteiger charge is -2.11. The van der Waals surface area contributed by atoms with E-state index < -0.39 is 6.10 Å². The van der Waals surface area contributed by atoms with Crippen molar-refractivity contribution in [2.75, 3.05) is 6.54 Å². The highest BCUT2D eigenvalue weighted by atomic mass is 32.1. The SMILES string of the molecule is CC1(C)CC1C(=O)NCC(O)c1ccsc1. The molecule has 2 atom stereocenters. The minimum Gasteiger partial charge on any atom is -0.387 e. The Kier molecular flexibility index (Phi) is 3.04. The molecule has 0 aliphatic heterocycles. The molecular formula is C12H17NO2S. The molecule has 16 heavy (non-hydrogen) atoms. The molecule has 1 amide bonds. The van der Waals surface area contributed by atoms with Gasteiger partial charge in [-0.3, -0.25) is 4.79 Å². The van der Waals surface area contributed by atoms with E-state index in [4.69, 9.17) is 0 Å². The van der Waals surface area contributed by atoms with Gasteiger partial charge in [-0.25, -0.2) is 0 Å². The van der Waals surface area contributed by atoms with Crippen LogP contribution in [0.3, 0.4) is 0 Å². The molecule has 0 saturated heterocycles. The molecule has 1 aliphatic rings. The van der Waals surface area contributed by atoms with Gasteiger partial charge in [0.25, 0.3) is 0 Å². The standard InChI is InChI=1S/C12H17NO2S/c1-12(2)5-9(12)11(15)13-6-10(14)8-3-4-16-7-8/h3-4,7,9-10,14H,5-6H2,1-2H3,(H,13,15). The van der Waals surface area contributed by atoms with Gasteiger partial charge in [0, 0.05) is 12.5 Å². The molecule has 1 fully saturated rings. The van der Waals surface area contributed by atoms with Crippen LogP contribution in [0.1, 0.15) is 31.9 Å². The first-order chi connectivity index (χ1) is 7.50. The molecule has 1 aliphatic carbocycles. The van der Waals surface area contributed by atoms with Crippen LogP contribution in [0.4, 0.5) is 0 Å². The highest BCUT2D eigenvalue weighted by Crippen LogP contribution is 2.51. The van der Waals surface area contributed by atoms with Gasteiger partial charge in [0.15, 0.2) is 0 Å². The number of aliphatic hydroxyl groups is 1. The average molecular weight is 239 g/mol. The van der Waals surface area contributed by atoms with E-state index >= 15 is 0 Å². The minimum absolute atomic E-state index is 0.0688. The zero-order valence-corrected chi connectivity index (χ0v) is 10.4. The van der Waals surface area contributed by atoms with Crippen LogP contribution in [-0.2, 0) is 4.79 Å². The maximum atomic E-state index is 11.7. The molecule has 2 unspecified atom stereocenters. The number of carbonyl (C=O) groups excluding carboxylic acids is 1. The topological polar surface area (TPSA) is 49.3 Å². The molecule has 4 heteroatoms. The molecule has 0 spiro atoms. The van der Waals surface area contributed by atoms with Crippen molar-refractivity contribution in [1.29, 1.82) is 0 Å². The minimum atomic E-state index is -0.586. The largest absolute Gasteiger partial charge is 0.387 e. The van der Waals surface area contributed by atoms with Gasteiger partial charge in [0.2, 0.25) is 5.91 Å². The van der Waals surface area contributed by atoms with Gasteiger partial charge in [-0.2, -0.15) is 11.3 Å². The molecule has 0 radical (unpaired) electrons. The van der Waals surface area contributed by atoms with Crippen molar-refractivity contribution >= 4 is 17.2 Å². The van der Waals surface area contributed by atoms with E-state index in [0.29, 0.717) is 6.54 Å². The smallest absolute Gasteiger partial charge is 0.223 e. The van der Waals surface area contributed by atoms with Gasteiger partial charge < -0.3 is 10.4 Å². The second-order valence-corrected chi connectivity index (χ2v) is 5.84. The summed E-state index contributed by atoms with van der Waals surface area (Å²) in [5, 5.41) is 16.4. The van der Waals surface area contributed by atoms with Gasteiger partial charge in [0.05, 0.1) is 6.10 Å².